The summed E-state index contributed by atoms with van der Waals surface area (Å²) in [6.07, 6.45) is 9.40. The molecule has 0 spiro atoms. The van der Waals surface area contributed by atoms with E-state index in [1.54, 1.807) is 7.11 Å². The highest BCUT2D eigenvalue weighted by molar-refractivity contribution is 5.89. The zero-order valence-corrected chi connectivity index (χ0v) is 29.3. The van der Waals surface area contributed by atoms with E-state index >= 15 is 0 Å². The van der Waals surface area contributed by atoms with E-state index in [0.29, 0.717) is 24.0 Å². The predicted molar refractivity (Wildman–Crippen MR) is 178 cm³/mol. The molecule has 6 nitrogen and oxygen atoms in total. The van der Waals surface area contributed by atoms with Gasteiger partial charge in [-0.25, -0.2) is 4.79 Å². The number of hydrogen-bond acceptors (Lipinski definition) is 6. The van der Waals surface area contributed by atoms with Crippen LogP contribution in [0, 0.1) is 56.7 Å². The van der Waals surface area contributed by atoms with Crippen molar-refractivity contribution in [2.45, 2.75) is 112 Å². The van der Waals surface area contributed by atoms with Gasteiger partial charge in [0, 0.05) is 17.8 Å². The summed E-state index contributed by atoms with van der Waals surface area (Å²) >= 11 is 0. The van der Waals surface area contributed by atoms with E-state index in [4.69, 9.17) is 14.2 Å². The summed E-state index contributed by atoms with van der Waals surface area (Å²) < 4.78 is 18.0. The number of carbonyl (C=O) groups excluding carboxylic acids is 3. The Labute approximate surface area is 276 Å². The third-order valence-corrected chi connectivity index (χ3v) is 15.0. The molecule has 1 aromatic carbocycles. The number of carbonyl (C=O) groups is 3. The van der Waals surface area contributed by atoms with Crippen molar-refractivity contribution in [3.8, 4) is 0 Å². The molecule has 0 radical (unpaired) electrons. The lowest BCUT2D eigenvalue weighted by Gasteiger charge is -2.73. The van der Waals surface area contributed by atoms with Crippen molar-refractivity contribution in [1.82, 2.24) is 0 Å². The lowest BCUT2D eigenvalue weighted by molar-refractivity contribution is -0.263. The second-order valence-electron chi connectivity index (χ2n) is 17.0. The van der Waals surface area contributed by atoms with Gasteiger partial charge in [-0.1, -0.05) is 58.0 Å². The maximum absolute atomic E-state index is 13.8. The molecule has 0 N–H and O–H groups in total. The summed E-state index contributed by atoms with van der Waals surface area (Å²) in [5, 5.41) is 0. The van der Waals surface area contributed by atoms with Crippen LogP contribution < -0.4 is 0 Å². The molecule has 5 aliphatic rings. The molecule has 0 bridgehead atoms. The molecule has 0 aliphatic heterocycles. The molecule has 252 valence electrons. The Morgan fingerprint density at radius 2 is 1.57 bits per heavy atom. The first-order valence-electron chi connectivity index (χ1n) is 17.8. The van der Waals surface area contributed by atoms with Gasteiger partial charge < -0.3 is 14.2 Å². The Hall–Kier alpha value is -2.63. The SMILES string of the molecule is C=C(C)[C@@H]1CC[C@]2(C(=O)OC)CC[C@]3(COC(=O)c4ccccc4)[C@H](CCC4[C@@]5(C)CC[C@H](OC(C)=O)C(C)(C)C5CC[C@]43C)C12. The molecule has 10 atom stereocenters. The number of rotatable bonds is 6. The largest absolute Gasteiger partial charge is 0.469 e. The molecule has 1 aromatic rings. The van der Waals surface area contributed by atoms with Crippen LogP contribution in [0.4, 0.5) is 0 Å². The Bertz CT molecular complexity index is 1380. The normalized spacial score (nSPS) is 42.3. The Morgan fingerprint density at radius 1 is 0.848 bits per heavy atom. The van der Waals surface area contributed by atoms with Crippen LogP contribution in [0.3, 0.4) is 0 Å². The molecule has 5 aliphatic carbocycles. The molecule has 6 rings (SSSR count). The minimum Gasteiger partial charge on any atom is -0.469 e. The topological polar surface area (TPSA) is 78.9 Å². The number of hydrogen-bond donors (Lipinski definition) is 0. The molecule has 6 heteroatoms. The van der Waals surface area contributed by atoms with E-state index in [-0.39, 0.29) is 63.4 Å². The number of allylic oxidation sites excluding steroid dienone is 1. The van der Waals surface area contributed by atoms with Crippen molar-refractivity contribution >= 4 is 17.9 Å². The van der Waals surface area contributed by atoms with E-state index in [2.05, 4.69) is 41.2 Å². The van der Waals surface area contributed by atoms with Crippen LogP contribution in [0.2, 0.25) is 0 Å². The van der Waals surface area contributed by atoms with Crippen molar-refractivity contribution < 1.29 is 28.6 Å². The van der Waals surface area contributed by atoms with E-state index in [0.717, 1.165) is 69.8 Å². The van der Waals surface area contributed by atoms with Crippen LogP contribution in [-0.2, 0) is 23.8 Å². The van der Waals surface area contributed by atoms with Crippen molar-refractivity contribution in [3.63, 3.8) is 0 Å². The van der Waals surface area contributed by atoms with Gasteiger partial charge >= 0.3 is 17.9 Å². The lowest BCUT2D eigenvalue weighted by atomic mass is 9.32. The van der Waals surface area contributed by atoms with Gasteiger partial charge in [0.05, 0.1) is 24.7 Å². The molecule has 0 heterocycles. The second kappa shape index (κ2) is 11.5. The van der Waals surface area contributed by atoms with E-state index in [1.165, 1.54) is 6.92 Å². The van der Waals surface area contributed by atoms with E-state index in [1.807, 2.05) is 30.3 Å². The van der Waals surface area contributed by atoms with Crippen LogP contribution >= 0.6 is 0 Å². The molecule has 5 saturated carbocycles. The fraction of sp³-hybridized carbons (Fsp3) is 0.725. The quantitative estimate of drug-likeness (QED) is 0.178. The Morgan fingerprint density at radius 3 is 2.22 bits per heavy atom. The fourth-order valence-electron chi connectivity index (χ4n) is 13.1. The third kappa shape index (κ3) is 4.65. The lowest BCUT2D eigenvalue weighted by Crippen LogP contribution is -2.69. The predicted octanol–water partition coefficient (Wildman–Crippen LogP) is 8.59. The minimum absolute atomic E-state index is 0.0644. The maximum atomic E-state index is 13.8. The molecule has 0 amide bonds. The summed E-state index contributed by atoms with van der Waals surface area (Å²) in [5.41, 5.74) is 0.792. The van der Waals surface area contributed by atoms with Gasteiger partial charge in [0.25, 0.3) is 0 Å². The fourth-order valence-corrected chi connectivity index (χ4v) is 13.1. The summed E-state index contributed by atoms with van der Waals surface area (Å²) in [6, 6.07) is 9.34. The average molecular weight is 633 g/mol. The van der Waals surface area contributed by atoms with Gasteiger partial charge in [0.15, 0.2) is 0 Å². The van der Waals surface area contributed by atoms with E-state index in [9.17, 15) is 14.4 Å². The van der Waals surface area contributed by atoms with Gasteiger partial charge in [0.1, 0.15) is 6.10 Å². The summed E-state index contributed by atoms with van der Waals surface area (Å²) in [5.74, 6) is 0.920. The van der Waals surface area contributed by atoms with Crippen LogP contribution in [0.15, 0.2) is 42.5 Å². The molecular weight excluding hydrogens is 576 g/mol. The summed E-state index contributed by atoms with van der Waals surface area (Å²) in [7, 11) is 1.54. The molecule has 46 heavy (non-hydrogen) atoms. The van der Waals surface area contributed by atoms with Gasteiger partial charge in [-0.05, 0) is 124 Å². The highest BCUT2D eigenvalue weighted by Crippen LogP contribution is 2.78. The van der Waals surface area contributed by atoms with Crippen LogP contribution in [-0.4, -0.2) is 37.7 Å². The number of ether oxygens (including phenoxy) is 3. The molecule has 0 saturated heterocycles. The average Bonchev–Trinajstić information content (AvgIpc) is 3.42. The van der Waals surface area contributed by atoms with Crippen molar-refractivity contribution in [2.24, 2.45) is 56.7 Å². The van der Waals surface area contributed by atoms with Crippen molar-refractivity contribution in [3.05, 3.63) is 48.0 Å². The Kier molecular flexibility index (Phi) is 8.33. The van der Waals surface area contributed by atoms with Gasteiger partial charge in [-0.2, -0.15) is 0 Å². The van der Waals surface area contributed by atoms with Gasteiger partial charge in [-0.15, -0.1) is 0 Å². The third-order valence-electron chi connectivity index (χ3n) is 15.0. The van der Waals surface area contributed by atoms with Crippen LogP contribution in [0.5, 0.6) is 0 Å². The monoisotopic (exact) mass is 632 g/mol. The van der Waals surface area contributed by atoms with Gasteiger partial charge in [-0.3, -0.25) is 9.59 Å². The number of benzene rings is 1. The number of fused-ring (bicyclic) bond motifs is 7. The first-order valence-corrected chi connectivity index (χ1v) is 17.8. The van der Waals surface area contributed by atoms with Crippen molar-refractivity contribution in [2.75, 3.05) is 13.7 Å². The van der Waals surface area contributed by atoms with E-state index < -0.39 is 5.41 Å². The molecular formula is C40H56O6. The summed E-state index contributed by atoms with van der Waals surface area (Å²) in [6.45, 7) is 18.1. The zero-order valence-electron chi connectivity index (χ0n) is 29.3. The summed E-state index contributed by atoms with van der Waals surface area (Å²) in [4.78, 5) is 39.5. The standard InChI is InChI=1S/C40H56O6/c1-25(2)28-16-21-39(35(43)44-8)22-23-40(24-45-34(42)27-12-10-9-11-13-27)29(33(28)39)14-15-31-37(6)19-18-32(46-26(3)41)36(4,5)30(37)17-20-38(31,40)7/h9-13,28-33H,1,14-24H2,2-8H3/t28-,29+,30?,31?,32-,33?,37-,38+,39-,40-/m0/s1. The number of methoxy groups -OCH3 is 1. The van der Waals surface area contributed by atoms with Gasteiger partial charge in [0.2, 0.25) is 0 Å². The first-order chi connectivity index (χ1) is 21.7. The molecule has 0 aromatic heterocycles. The van der Waals surface area contributed by atoms with Crippen molar-refractivity contribution in [1.29, 1.82) is 0 Å². The molecule has 5 fully saturated rings. The highest BCUT2D eigenvalue weighted by Gasteiger charge is 2.74. The molecule has 3 unspecified atom stereocenters. The number of esters is 3. The highest BCUT2D eigenvalue weighted by atomic mass is 16.5. The first kappa shape index (κ1) is 33.3. The second-order valence-corrected chi connectivity index (χ2v) is 17.0. The Balaban J connectivity index is 1.44. The van der Waals surface area contributed by atoms with Crippen LogP contribution in [0.25, 0.3) is 0 Å². The van der Waals surface area contributed by atoms with Crippen LogP contribution in [0.1, 0.15) is 116 Å². The zero-order chi connectivity index (χ0) is 33.3. The smallest absolute Gasteiger partial charge is 0.338 e. The minimum atomic E-state index is -0.510. The maximum Gasteiger partial charge on any atom is 0.338 e.